The summed E-state index contributed by atoms with van der Waals surface area (Å²) in [6.45, 7) is 1.85. The Labute approximate surface area is 208 Å². The fourth-order valence-electron chi connectivity index (χ4n) is 4.19. The maximum absolute atomic E-state index is 12.7. The number of ether oxygens (including phenoxy) is 3. The molecule has 0 radical (unpaired) electrons. The number of esters is 1. The summed E-state index contributed by atoms with van der Waals surface area (Å²) in [7, 11) is 0. The first kappa shape index (κ1) is 22.8. The standard InChI is InChI=1S/C30H22N2O4/c1-19-8-5-6-13-24(19)30(33)35-23-14-15-25-27(17-23)36-29(32)26(18-31)28(25)20-9-7-12-22(16-20)34-21-10-3-2-4-11-21/h2-17,28H,32H2,1H3. The monoisotopic (exact) mass is 474 g/mol. The van der Waals surface area contributed by atoms with Crippen molar-refractivity contribution in [3.63, 3.8) is 0 Å². The molecule has 4 aromatic rings. The SMILES string of the molecule is Cc1ccccc1C(=O)Oc1ccc2c(c1)OC(N)=C(C#N)C2c1cccc(Oc2ccccc2)c1. The normalized spacial score (nSPS) is 14.3. The summed E-state index contributed by atoms with van der Waals surface area (Å²) < 4.78 is 17.4. The van der Waals surface area contributed by atoms with Crippen LogP contribution in [0.3, 0.4) is 0 Å². The summed E-state index contributed by atoms with van der Waals surface area (Å²) in [5, 5.41) is 9.88. The Bertz CT molecular complexity index is 1520. The van der Waals surface area contributed by atoms with Gasteiger partial charge in [0.05, 0.1) is 11.5 Å². The van der Waals surface area contributed by atoms with Crippen molar-refractivity contribution in [3.8, 4) is 29.1 Å². The Hall–Kier alpha value is -5.02. The third-order valence-corrected chi connectivity index (χ3v) is 5.94. The van der Waals surface area contributed by atoms with Crippen molar-refractivity contribution in [2.24, 2.45) is 5.73 Å². The van der Waals surface area contributed by atoms with E-state index in [1.54, 1.807) is 30.3 Å². The second-order valence-corrected chi connectivity index (χ2v) is 8.32. The molecule has 1 aliphatic heterocycles. The van der Waals surface area contributed by atoms with Gasteiger partial charge >= 0.3 is 5.97 Å². The zero-order chi connectivity index (χ0) is 25.1. The molecule has 176 valence electrons. The van der Waals surface area contributed by atoms with Crippen LogP contribution in [0.2, 0.25) is 0 Å². The van der Waals surface area contributed by atoms with Gasteiger partial charge in [0, 0.05) is 11.6 Å². The number of carbonyl (C=O) groups is 1. The van der Waals surface area contributed by atoms with E-state index in [0.717, 1.165) is 16.7 Å². The van der Waals surface area contributed by atoms with Crippen molar-refractivity contribution < 1.29 is 19.0 Å². The predicted molar refractivity (Wildman–Crippen MR) is 135 cm³/mol. The Morgan fingerprint density at radius 1 is 0.889 bits per heavy atom. The van der Waals surface area contributed by atoms with E-state index in [2.05, 4.69) is 6.07 Å². The van der Waals surface area contributed by atoms with Crippen molar-refractivity contribution in [3.05, 3.63) is 131 Å². The lowest BCUT2D eigenvalue weighted by atomic mass is 9.83. The highest BCUT2D eigenvalue weighted by Crippen LogP contribution is 2.44. The van der Waals surface area contributed by atoms with Gasteiger partial charge in [-0.15, -0.1) is 0 Å². The molecule has 0 spiro atoms. The molecule has 0 bridgehead atoms. The molecule has 5 rings (SSSR count). The van der Waals surface area contributed by atoms with Crippen molar-refractivity contribution >= 4 is 5.97 Å². The number of rotatable bonds is 5. The van der Waals surface area contributed by atoms with Crippen molar-refractivity contribution in [1.29, 1.82) is 5.26 Å². The van der Waals surface area contributed by atoms with Crippen LogP contribution in [0.5, 0.6) is 23.0 Å². The molecular weight excluding hydrogens is 452 g/mol. The second kappa shape index (κ2) is 9.69. The van der Waals surface area contributed by atoms with E-state index in [-0.39, 0.29) is 5.88 Å². The molecule has 2 N–H and O–H groups in total. The minimum atomic E-state index is -0.473. The first-order valence-electron chi connectivity index (χ1n) is 11.4. The number of carbonyl (C=O) groups excluding carboxylic acids is 1. The van der Waals surface area contributed by atoms with E-state index in [1.165, 1.54) is 0 Å². The number of allylic oxidation sites excluding steroid dienone is 1. The first-order valence-corrected chi connectivity index (χ1v) is 11.4. The molecule has 1 atom stereocenters. The second-order valence-electron chi connectivity index (χ2n) is 8.32. The highest BCUT2D eigenvalue weighted by Gasteiger charge is 2.31. The Kier molecular flexibility index (Phi) is 6.12. The van der Waals surface area contributed by atoms with Gasteiger partial charge in [-0.3, -0.25) is 0 Å². The number of nitriles is 1. The predicted octanol–water partition coefficient (Wildman–Crippen LogP) is 6.22. The lowest BCUT2D eigenvalue weighted by molar-refractivity contribution is 0.0733. The van der Waals surface area contributed by atoms with E-state index in [0.29, 0.717) is 34.1 Å². The van der Waals surface area contributed by atoms with Crippen molar-refractivity contribution in [1.82, 2.24) is 0 Å². The third-order valence-electron chi connectivity index (χ3n) is 5.94. The Morgan fingerprint density at radius 3 is 2.42 bits per heavy atom. The average molecular weight is 475 g/mol. The van der Waals surface area contributed by atoms with Crippen molar-refractivity contribution in [2.75, 3.05) is 0 Å². The van der Waals surface area contributed by atoms with E-state index in [9.17, 15) is 10.1 Å². The van der Waals surface area contributed by atoms with E-state index < -0.39 is 11.9 Å². The Balaban J connectivity index is 1.48. The molecule has 0 amide bonds. The fourth-order valence-corrected chi connectivity index (χ4v) is 4.19. The van der Waals surface area contributed by atoms with Crippen LogP contribution < -0.4 is 19.9 Å². The van der Waals surface area contributed by atoms with Crippen LogP contribution in [0.25, 0.3) is 0 Å². The minimum absolute atomic E-state index is 0.00626. The highest BCUT2D eigenvalue weighted by atomic mass is 16.5. The van der Waals surface area contributed by atoms with Gasteiger partial charge < -0.3 is 19.9 Å². The van der Waals surface area contributed by atoms with Crippen LogP contribution in [0.1, 0.15) is 33.0 Å². The van der Waals surface area contributed by atoms with Crippen LogP contribution in [-0.2, 0) is 0 Å². The van der Waals surface area contributed by atoms with Gasteiger partial charge in [-0.05, 0) is 54.4 Å². The summed E-state index contributed by atoms with van der Waals surface area (Å²) in [6.07, 6.45) is 0. The quantitative estimate of drug-likeness (QED) is 0.272. The van der Waals surface area contributed by atoms with Gasteiger partial charge in [-0.2, -0.15) is 5.26 Å². The number of nitrogens with zero attached hydrogens (tertiary/aromatic N) is 1. The van der Waals surface area contributed by atoms with Crippen LogP contribution >= 0.6 is 0 Å². The molecule has 0 aliphatic carbocycles. The summed E-state index contributed by atoms with van der Waals surface area (Å²) in [6, 6.07) is 31.5. The molecule has 4 aromatic carbocycles. The molecule has 6 nitrogen and oxygen atoms in total. The van der Waals surface area contributed by atoms with Crippen LogP contribution in [0.15, 0.2) is 109 Å². The topological polar surface area (TPSA) is 94.6 Å². The first-order chi connectivity index (χ1) is 17.5. The van der Waals surface area contributed by atoms with E-state index >= 15 is 0 Å². The molecule has 0 saturated carbocycles. The van der Waals surface area contributed by atoms with Gasteiger partial charge in [-0.1, -0.05) is 54.6 Å². The number of fused-ring (bicyclic) bond motifs is 1. The summed E-state index contributed by atoms with van der Waals surface area (Å²) in [4.78, 5) is 12.7. The van der Waals surface area contributed by atoms with Crippen molar-refractivity contribution in [2.45, 2.75) is 12.8 Å². The summed E-state index contributed by atoms with van der Waals surface area (Å²) in [5.74, 6) is 1.14. The van der Waals surface area contributed by atoms with Crippen LogP contribution in [-0.4, -0.2) is 5.97 Å². The molecular formula is C30H22N2O4. The largest absolute Gasteiger partial charge is 0.457 e. The third kappa shape index (κ3) is 4.50. The zero-order valence-corrected chi connectivity index (χ0v) is 19.5. The minimum Gasteiger partial charge on any atom is -0.457 e. The maximum Gasteiger partial charge on any atom is 0.343 e. The lowest BCUT2D eigenvalue weighted by Crippen LogP contribution is -2.21. The molecule has 0 saturated heterocycles. The molecule has 36 heavy (non-hydrogen) atoms. The number of hydrogen-bond acceptors (Lipinski definition) is 6. The molecule has 0 fully saturated rings. The van der Waals surface area contributed by atoms with Gasteiger partial charge in [0.1, 0.15) is 34.6 Å². The molecule has 0 aromatic heterocycles. The van der Waals surface area contributed by atoms with Crippen LogP contribution in [0.4, 0.5) is 0 Å². The lowest BCUT2D eigenvalue weighted by Gasteiger charge is -2.27. The molecule has 1 heterocycles. The smallest absolute Gasteiger partial charge is 0.343 e. The van der Waals surface area contributed by atoms with Gasteiger partial charge in [0.15, 0.2) is 0 Å². The number of benzene rings is 4. The number of aryl methyl sites for hydroxylation is 1. The average Bonchev–Trinajstić information content (AvgIpc) is 2.89. The number of nitrogens with two attached hydrogens (primary N) is 1. The number of para-hydroxylation sites is 1. The zero-order valence-electron chi connectivity index (χ0n) is 19.5. The maximum atomic E-state index is 12.7. The van der Waals surface area contributed by atoms with E-state index in [4.69, 9.17) is 19.9 Å². The highest BCUT2D eigenvalue weighted by molar-refractivity contribution is 5.92. The van der Waals surface area contributed by atoms with Crippen LogP contribution in [0, 0.1) is 18.3 Å². The van der Waals surface area contributed by atoms with E-state index in [1.807, 2.05) is 73.7 Å². The molecule has 1 unspecified atom stereocenters. The summed E-state index contributed by atoms with van der Waals surface area (Å²) >= 11 is 0. The Morgan fingerprint density at radius 2 is 1.64 bits per heavy atom. The fraction of sp³-hybridized carbons (Fsp3) is 0.0667. The molecule has 1 aliphatic rings. The molecule has 6 heteroatoms. The number of hydrogen-bond donors (Lipinski definition) is 1. The van der Waals surface area contributed by atoms with Gasteiger partial charge in [0.25, 0.3) is 0 Å². The van der Waals surface area contributed by atoms with Gasteiger partial charge in [-0.25, -0.2) is 4.79 Å². The van der Waals surface area contributed by atoms with Gasteiger partial charge in [0.2, 0.25) is 5.88 Å². The summed E-state index contributed by atoms with van der Waals surface area (Å²) in [5.41, 5.74) is 9.30.